The Morgan fingerprint density at radius 2 is 1.56 bits per heavy atom. The van der Waals surface area contributed by atoms with Crippen LogP contribution in [-0.4, -0.2) is 8.07 Å². The summed E-state index contributed by atoms with van der Waals surface area (Å²) in [5, 5.41) is 1.20. The Balaban J connectivity index is 3.36. The smallest absolute Gasteiger partial charge is 0.142 e. The Labute approximate surface area is 108 Å². The van der Waals surface area contributed by atoms with E-state index in [9.17, 15) is 4.39 Å². The molecule has 0 amide bonds. The summed E-state index contributed by atoms with van der Waals surface area (Å²) in [7, 11) is -1.71. The van der Waals surface area contributed by atoms with Crippen LogP contribution in [0.2, 0.25) is 28.2 Å². The van der Waals surface area contributed by atoms with Gasteiger partial charge in [0.15, 0.2) is 0 Å². The Kier molecular flexibility index (Phi) is 4.83. The maximum atomic E-state index is 14.1. The van der Waals surface area contributed by atoms with Crippen LogP contribution < -0.4 is 5.19 Å². The molecule has 1 rings (SSSR count). The van der Waals surface area contributed by atoms with E-state index in [0.29, 0.717) is 5.02 Å². The second-order valence-corrected chi connectivity index (χ2v) is 10.1. The first-order valence-corrected chi connectivity index (χ1v) is 9.04. The lowest BCUT2D eigenvalue weighted by atomic mass is 10.3. The van der Waals surface area contributed by atoms with Crippen LogP contribution in [0.3, 0.4) is 0 Å². The lowest BCUT2D eigenvalue weighted by molar-refractivity contribution is 0.635. The number of rotatable bonds is 4. The molecule has 0 nitrogen and oxygen atoms in total. The van der Waals surface area contributed by atoms with Crippen molar-refractivity contribution in [1.29, 1.82) is 0 Å². The van der Waals surface area contributed by atoms with Crippen molar-refractivity contribution >= 4 is 36.5 Å². The summed E-state index contributed by atoms with van der Waals surface area (Å²) in [6.45, 7) is 6.42. The third kappa shape index (κ3) is 2.29. The van der Waals surface area contributed by atoms with Crippen LogP contribution in [0.5, 0.6) is 0 Å². The van der Waals surface area contributed by atoms with Gasteiger partial charge in [0, 0.05) is 0 Å². The molecule has 16 heavy (non-hydrogen) atoms. The summed E-state index contributed by atoms with van der Waals surface area (Å²) in [5.74, 6) is -0.300. The highest BCUT2D eigenvalue weighted by atomic mass is 35.5. The van der Waals surface area contributed by atoms with E-state index in [1.807, 2.05) is 6.07 Å². The summed E-state index contributed by atoms with van der Waals surface area (Å²) in [5.41, 5.74) is 0. The van der Waals surface area contributed by atoms with Gasteiger partial charge in [-0.15, -0.1) is 0 Å². The van der Waals surface area contributed by atoms with Crippen LogP contribution >= 0.6 is 23.2 Å². The Morgan fingerprint density at radius 1 is 1.06 bits per heavy atom. The van der Waals surface area contributed by atoms with Crippen LogP contribution in [0.1, 0.15) is 20.8 Å². The molecule has 0 aliphatic heterocycles. The fourth-order valence-electron chi connectivity index (χ4n) is 2.26. The number of benzene rings is 1. The quantitative estimate of drug-likeness (QED) is 0.546. The van der Waals surface area contributed by atoms with Crippen molar-refractivity contribution in [1.82, 2.24) is 0 Å². The number of hydrogen-bond donors (Lipinski definition) is 0. The van der Waals surface area contributed by atoms with Gasteiger partial charge in [-0.05, 0) is 11.3 Å². The van der Waals surface area contributed by atoms with Crippen LogP contribution in [0, 0.1) is 5.82 Å². The maximum absolute atomic E-state index is 14.1. The van der Waals surface area contributed by atoms with Crippen molar-refractivity contribution in [3.63, 3.8) is 0 Å². The average molecular weight is 279 g/mol. The van der Waals surface area contributed by atoms with Crippen molar-refractivity contribution in [2.45, 2.75) is 38.9 Å². The van der Waals surface area contributed by atoms with Gasteiger partial charge in [-0.1, -0.05) is 68.2 Å². The minimum absolute atomic E-state index is 0.0754. The third-order valence-corrected chi connectivity index (χ3v) is 10.0. The van der Waals surface area contributed by atoms with Gasteiger partial charge < -0.3 is 0 Å². The van der Waals surface area contributed by atoms with E-state index in [1.165, 1.54) is 0 Å². The molecule has 0 spiro atoms. The van der Waals surface area contributed by atoms with E-state index in [4.69, 9.17) is 23.2 Å². The fraction of sp³-hybridized carbons (Fsp3) is 0.500. The number of hydrogen-bond acceptors (Lipinski definition) is 0. The molecular weight excluding hydrogens is 262 g/mol. The summed E-state index contributed by atoms with van der Waals surface area (Å²) in [6, 6.07) is 6.65. The maximum Gasteiger partial charge on any atom is 0.142 e. The van der Waals surface area contributed by atoms with E-state index >= 15 is 0 Å². The fourth-order valence-corrected chi connectivity index (χ4v) is 6.32. The Morgan fingerprint density at radius 3 is 2.00 bits per heavy atom. The van der Waals surface area contributed by atoms with E-state index in [0.717, 1.165) is 23.3 Å². The van der Waals surface area contributed by atoms with Gasteiger partial charge in [0.05, 0.1) is 18.1 Å². The van der Waals surface area contributed by atoms with Gasteiger partial charge in [-0.3, -0.25) is 0 Å². The molecule has 4 heteroatoms. The first-order chi connectivity index (χ1) is 7.52. The highest BCUT2D eigenvalue weighted by Crippen LogP contribution is 2.28. The molecule has 0 aliphatic rings. The molecule has 90 valence electrons. The number of halogens is 3. The van der Waals surface area contributed by atoms with Gasteiger partial charge in [0.2, 0.25) is 0 Å². The summed E-state index contributed by atoms with van der Waals surface area (Å²) < 4.78 is 14.1. The van der Waals surface area contributed by atoms with Gasteiger partial charge in [-0.25, -0.2) is 4.39 Å². The molecule has 0 radical (unpaired) electrons. The minimum atomic E-state index is -1.71. The van der Waals surface area contributed by atoms with Crippen LogP contribution in [0.15, 0.2) is 12.1 Å². The third-order valence-electron chi connectivity index (χ3n) is 3.64. The van der Waals surface area contributed by atoms with Crippen LogP contribution in [0.25, 0.3) is 0 Å². The molecule has 0 fully saturated rings. The summed E-state index contributed by atoms with van der Waals surface area (Å²) in [4.78, 5) is 0. The van der Waals surface area contributed by atoms with Crippen molar-refractivity contribution in [2.75, 3.05) is 0 Å². The van der Waals surface area contributed by atoms with Crippen molar-refractivity contribution in [2.24, 2.45) is 0 Å². The zero-order valence-corrected chi connectivity index (χ0v) is 12.4. The van der Waals surface area contributed by atoms with Gasteiger partial charge in [0.25, 0.3) is 0 Å². The lowest BCUT2D eigenvalue weighted by Gasteiger charge is -2.29. The standard InChI is InChI=1S/C12H17Cl2FSi/c1-4-16(5-2,6-3)10-8-7-9(13)11(14)12(10)15/h7-8H,4-6H2,1-3H3. The zero-order valence-electron chi connectivity index (χ0n) is 9.91. The molecule has 0 saturated carbocycles. The summed E-state index contributed by atoms with van der Waals surface area (Å²) in [6.07, 6.45) is 0. The van der Waals surface area contributed by atoms with E-state index in [2.05, 4.69) is 20.8 Å². The van der Waals surface area contributed by atoms with E-state index in [-0.39, 0.29) is 10.8 Å². The Bertz CT molecular complexity index is 367. The topological polar surface area (TPSA) is 0 Å². The second-order valence-electron chi connectivity index (χ2n) is 4.06. The minimum Gasteiger partial charge on any atom is -0.205 e. The first-order valence-electron chi connectivity index (χ1n) is 5.66. The molecule has 0 bridgehead atoms. The highest BCUT2D eigenvalue weighted by Gasteiger charge is 2.32. The van der Waals surface area contributed by atoms with Crippen molar-refractivity contribution in [3.05, 3.63) is 28.0 Å². The predicted octanol–water partition coefficient (Wildman–Crippen LogP) is 4.85. The normalized spacial score (nSPS) is 11.9. The Hall–Kier alpha value is -0.0531. The van der Waals surface area contributed by atoms with Gasteiger partial charge in [-0.2, -0.15) is 0 Å². The van der Waals surface area contributed by atoms with Crippen molar-refractivity contribution in [3.8, 4) is 0 Å². The largest absolute Gasteiger partial charge is 0.205 e. The lowest BCUT2D eigenvalue weighted by Crippen LogP contribution is -2.47. The first kappa shape index (κ1) is 14.0. The van der Waals surface area contributed by atoms with Crippen LogP contribution in [-0.2, 0) is 0 Å². The summed E-state index contributed by atoms with van der Waals surface area (Å²) >= 11 is 11.7. The van der Waals surface area contributed by atoms with E-state index in [1.54, 1.807) is 6.07 Å². The molecule has 0 N–H and O–H groups in total. The molecule has 0 atom stereocenters. The molecule has 0 saturated heterocycles. The second kappa shape index (κ2) is 5.52. The average Bonchev–Trinajstić information content (AvgIpc) is 2.31. The van der Waals surface area contributed by atoms with Crippen molar-refractivity contribution < 1.29 is 4.39 Å². The zero-order chi connectivity index (χ0) is 12.3. The molecule has 0 heterocycles. The van der Waals surface area contributed by atoms with Gasteiger partial charge in [0.1, 0.15) is 5.82 Å². The van der Waals surface area contributed by atoms with E-state index < -0.39 is 8.07 Å². The molecule has 0 aromatic heterocycles. The predicted molar refractivity (Wildman–Crippen MR) is 73.3 cm³/mol. The molecule has 0 unspecified atom stereocenters. The van der Waals surface area contributed by atoms with Gasteiger partial charge >= 0.3 is 0 Å². The SMILES string of the molecule is CC[Si](CC)(CC)c1ccc(Cl)c(Cl)c1F. The highest BCUT2D eigenvalue weighted by molar-refractivity contribution is 6.91. The molecular formula is C12H17Cl2FSi. The van der Waals surface area contributed by atoms with Crippen LogP contribution in [0.4, 0.5) is 4.39 Å². The monoisotopic (exact) mass is 278 g/mol. The molecule has 1 aromatic rings. The molecule has 0 aliphatic carbocycles. The molecule has 1 aromatic carbocycles.